The van der Waals surface area contributed by atoms with Gasteiger partial charge in [0.2, 0.25) is 5.91 Å². The highest BCUT2D eigenvalue weighted by Crippen LogP contribution is 2.37. The lowest BCUT2D eigenvalue weighted by Crippen LogP contribution is -2.18. The van der Waals surface area contributed by atoms with Crippen LogP contribution < -0.4 is 10.1 Å². The van der Waals surface area contributed by atoms with Gasteiger partial charge in [0.25, 0.3) is 0 Å². The minimum Gasteiger partial charge on any atom is -0.497 e. The van der Waals surface area contributed by atoms with Gasteiger partial charge in [0.1, 0.15) is 5.75 Å². The van der Waals surface area contributed by atoms with E-state index >= 15 is 0 Å². The summed E-state index contributed by atoms with van der Waals surface area (Å²) in [7, 11) is 1.66. The van der Waals surface area contributed by atoms with Crippen molar-refractivity contribution in [3.63, 3.8) is 0 Å². The molecule has 7 nitrogen and oxygen atoms in total. The molecule has 5 rings (SSSR count). The first-order valence-corrected chi connectivity index (χ1v) is 10.4. The summed E-state index contributed by atoms with van der Waals surface area (Å²) >= 11 is 0. The van der Waals surface area contributed by atoms with Crippen molar-refractivity contribution in [2.45, 2.75) is 31.7 Å². The van der Waals surface area contributed by atoms with E-state index in [-0.39, 0.29) is 11.8 Å². The van der Waals surface area contributed by atoms with Crippen LogP contribution in [0.5, 0.6) is 5.75 Å². The predicted octanol–water partition coefficient (Wildman–Crippen LogP) is 4.58. The van der Waals surface area contributed by atoms with Crippen LogP contribution in [0.25, 0.3) is 22.2 Å². The van der Waals surface area contributed by atoms with Gasteiger partial charge in [-0.05, 0) is 70.8 Å². The zero-order chi connectivity index (χ0) is 21.4. The lowest BCUT2D eigenvalue weighted by molar-refractivity contribution is -0.117. The zero-order valence-electron chi connectivity index (χ0n) is 17.4. The van der Waals surface area contributed by atoms with E-state index in [1.165, 1.54) is 0 Å². The largest absolute Gasteiger partial charge is 0.497 e. The molecule has 0 spiro atoms. The molecule has 0 aliphatic heterocycles. The van der Waals surface area contributed by atoms with Gasteiger partial charge < -0.3 is 10.1 Å². The van der Waals surface area contributed by atoms with Crippen LogP contribution in [0, 0.1) is 0 Å². The first kappa shape index (κ1) is 19.2. The number of methoxy groups -OCH3 is 1. The quantitative estimate of drug-likeness (QED) is 0.500. The number of amides is 1. The molecule has 1 fully saturated rings. The predicted molar refractivity (Wildman–Crippen MR) is 119 cm³/mol. The summed E-state index contributed by atoms with van der Waals surface area (Å²) in [5.41, 5.74) is 2.58. The Balaban J connectivity index is 1.35. The maximum absolute atomic E-state index is 13.0. The van der Waals surface area contributed by atoms with Gasteiger partial charge in [-0.15, -0.1) is 5.10 Å². The number of rotatable bonds is 6. The van der Waals surface area contributed by atoms with E-state index in [1.54, 1.807) is 7.11 Å². The number of hydrogen-bond acceptors (Lipinski definition) is 5. The number of carbonyl (C=O) groups is 1. The Kier molecular flexibility index (Phi) is 4.86. The Morgan fingerprint density at radius 2 is 1.90 bits per heavy atom. The third kappa shape index (κ3) is 3.86. The zero-order valence-corrected chi connectivity index (χ0v) is 17.4. The Morgan fingerprint density at radius 3 is 2.71 bits per heavy atom. The van der Waals surface area contributed by atoms with Gasteiger partial charge in [-0.3, -0.25) is 4.79 Å². The molecule has 1 atom stereocenters. The molecule has 7 heteroatoms. The Morgan fingerprint density at radius 1 is 1.10 bits per heavy atom. The van der Waals surface area contributed by atoms with E-state index in [9.17, 15) is 4.79 Å². The molecule has 1 aliphatic rings. The van der Waals surface area contributed by atoms with Crippen molar-refractivity contribution < 1.29 is 9.53 Å². The van der Waals surface area contributed by atoms with Crippen LogP contribution >= 0.6 is 0 Å². The van der Waals surface area contributed by atoms with E-state index < -0.39 is 0 Å². The first-order valence-electron chi connectivity index (χ1n) is 10.4. The van der Waals surface area contributed by atoms with Crippen molar-refractivity contribution in [2.75, 3.05) is 12.4 Å². The van der Waals surface area contributed by atoms with E-state index in [4.69, 9.17) is 4.74 Å². The molecule has 0 saturated heterocycles. The SMILES string of the molecule is COc1ccc2cc([C@H](C)C(=O)Nc3cccc(-c4nnnn4C4CC4)c3)ccc2c1. The molecule has 3 aromatic carbocycles. The molecule has 31 heavy (non-hydrogen) atoms. The van der Waals surface area contributed by atoms with Gasteiger partial charge in [0.15, 0.2) is 5.82 Å². The molecule has 0 bridgehead atoms. The van der Waals surface area contributed by atoms with Crippen molar-refractivity contribution in [3.8, 4) is 17.1 Å². The summed E-state index contributed by atoms with van der Waals surface area (Å²) in [4.78, 5) is 13.0. The highest BCUT2D eigenvalue weighted by molar-refractivity contribution is 5.97. The van der Waals surface area contributed by atoms with Gasteiger partial charge in [-0.25, -0.2) is 4.68 Å². The van der Waals surface area contributed by atoms with Gasteiger partial charge in [-0.2, -0.15) is 0 Å². The van der Waals surface area contributed by atoms with E-state index in [0.29, 0.717) is 6.04 Å². The molecule has 4 aromatic rings. The number of ether oxygens (including phenoxy) is 1. The van der Waals surface area contributed by atoms with Crippen LogP contribution in [0.1, 0.15) is 37.3 Å². The number of carbonyl (C=O) groups excluding carboxylic acids is 1. The van der Waals surface area contributed by atoms with Crippen molar-refractivity contribution in [1.82, 2.24) is 20.2 Å². The normalized spacial score (nSPS) is 14.4. The standard InChI is InChI=1S/C24H23N5O2/c1-15(16-6-7-18-14-22(31-2)11-8-17(18)12-16)24(30)25-20-5-3-4-19(13-20)23-26-27-28-29(23)21-9-10-21/h3-8,11-15,21H,9-10H2,1-2H3,(H,25,30)/t15-/m0/s1. The Bertz CT molecular complexity index is 1260. The number of anilines is 1. The molecule has 0 unspecified atom stereocenters. The molecule has 1 heterocycles. The second-order valence-electron chi connectivity index (χ2n) is 7.94. The molecule has 1 aromatic heterocycles. The second kappa shape index (κ2) is 7.83. The summed E-state index contributed by atoms with van der Waals surface area (Å²) < 4.78 is 7.16. The minimum atomic E-state index is -0.299. The van der Waals surface area contributed by atoms with Crippen molar-refractivity contribution in [2.24, 2.45) is 0 Å². The number of fused-ring (bicyclic) bond motifs is 1. The summed E-state index contributed by atoms with van der Waals surface area (Å²) in [6, 6.07) is 20.1. The molecular formula is C24H23N5O2. The first-order chi connectivity index (χ1) is 15.1. The average Bonchev–Trinajstić information content (AvgIpc) is 3.53. The van der Waals surface area contributed by atoms with E-state index in [1.807, 2.05) is 66.2 Å². The molecule has 1 amide bonds. The molecule has 1 saturated carbocycles. The summed E-state index contributed by atoms with van der Waals surface area (Å²) in [6.45, 7) is 1.91. The molecule has 0 radical (unpaired) electrons. The molecule has 1 N–H and O–H groups in total. The number of tetrazole rings is 1. The van der Waals surface area contributed by atoms with Crippen LogP contribution in [0.3, 0.4) is 0 Å². The molecular weight excluding hydrogens is 390 g/mol. The fraction of sp³-hybridized carbons (Fsp3) is 0.250. The fourth-order valence-corrected chi connectivity index (χ4v) is 3.73. The van der Waals surface area contributed by atoms with Crippen molar-refractivity contribution in [3.05, 3.63) is 66.2 Å². The summed E-state index contributed by atoms with van der Waals surface area (Å²) in [6.07, 6.45) is 2.20. The average molecular weight is 413 g/mol. The lowest BCUT2D eigenvalue weighted by atomic mass is 9.97. The monoisotopic (exact) mass is 413 g/mol. The smallest absolute Gasteiger partial charge is 0.231 e. The minimum absolute atomic E-state index is 0.0632. The maximum Gasteiger partial charge on any atom is 0.231 e. The summed E-state index contributed by atoms with van der Waals surface area (Å²) in [5.74, 6) is 1.19. The lowest BCUT2D eigenvalue weighted by Gasteiger charge is -2.14. The van der Waals surface area contributed by atoms with Crippen LogP contribution in [-0.2, 0) is 4.79 Å². The van der Waals surface area contributed by atoms with Crippen molar-refractivity contribution in [1.29, 1.82) is 0 Å². The van der Waals surface area contributed by atoms with Crippen LogP contribution in [0.4, 0.5) is 5.69 Å². The van der Waals surface area contributed by atoms with Gasteiger partial charge >= 0.3 is 0 Å². The number of nitrogens with one attached hydrogen (secondary N) is 1. The van der Waals surface area contributed by atoms with Gasteiger partial charge in [-0.1, -0.05) is 36.4 Å². The number of aromatic nitrogens is 4. The fourth-order valence-electron chi connectivity index (χ4n) is 3.73. The highest BCUT2D eigenvalue weighted by atomic mass is 16.5. The van der Waals surface area contributed by atoms with Gasteiger partial charge in [0, 0.05) is 11.3 Å². The third-order valence-electron chi connectivity index (χ3n) is 5.74. The summed E-state index contributed by atoms with van der Waals surface area (Å²) in [5, 5.41) is 17.3. The molecule has 156 valence electrons. The van der Waals surface area contributed by atoms with Crippen LogP contribution in [-0.4, -0.2) is 33.2 Å². The second-order valence-corrected chi connectivity index (χ2v) is 7.94. The van der Waals surface area contributed by atoms with Crippen LogP contribution in [0.15, 0.2) is 60.7 Å². The molecule has 1 aliphatic carbocycles. The maximum atomic E-state index is 13.0. The number of hydrogen-bond donors (Lipinski definition) is 1. The topological polar surface area (TPSA) is 81.9 Å². The highest BCUT2D eigenvalue weighted by Gasteiger charge is 2.28. The number of benzene rings is 3. The van der Waals surface area contributed by atoms with E-state index in [2.05, 4.69) is 26.9 Å². The van der Waals surface area contributed by atoms with Gasteiger partial charge in [0.05, 0.1) is 19.1 Å². The number of nitrogens with zero attached hydrogens (tertiary/aromatic N) is 4. The third-order valence-corrected chi connectivity index (χ3v) is 5.74. The Labute approximate surface area is 180 Å². The van der Waals surface area contributed by atoms with E-state index in [0.717, 1.165) is 52.0 Å². The van der Waals surface area contributed by atoms with Crippen LogP contribution in [0.2, 0.25) is 0 Å². The van der Waals surface area contributed by atoms with Crippen molar-refractivity contribution >= 4 is 22.4 Å². The Hall–Kier alpha value is -3.74.